The van der Waals surface area contributed by atoms with Gasteiger partial charge >= 0.3 is 0 Å². The second-order valence-electron chi connectivity index (χ2n) is 4.66. The van der Waals surface area contributed by atoms with Crippen LogP contribution in [0.25, 0.3) is 0 Å². The van der Waals surface area contributed by atoms with Crippen LogP contribution >= 0.6 is 0 Å². The fraction of sp³-hybridized carbons (Fsp3) is 0.462. The van der Waals surface area contributed by atoms with E-state index < -0.39 is 46.7 Å². The minimum absolute atomic E-state index is 0.0981. The number of anilines is 1. The molecule has 1 amide bonds. The molecule has 1 aliphatic rings. The number of hydrogen-bond donors (Lipinski definition) is 1. The molecular weight excluding hydrogens is 295 g/mol. The molecule has 21 heavy (non-hydrogen) atoms. The van der Waals surface area contributed by atoms with Crippen LogP contribution in [0, 0.1) is 29.1 Å². The number of nitrogens with zero attached hydrogens (tertiary/aromatic N) is 1. The van der Waals surface area contributed by atoms with Crippen molar-refractivity contribution in [2.75, 3.05) is 18.0 Å². The van der Waals surface area contributed by atoms with Crippen LogP contribution in [0.4, 0.5) is 27.6 Å². The maximum absolute atomic E-state index is 13.7. The molecule has 1 heterocycles. The van der Waals surface area contributed by atoms with Crippen molar-refractivity contribution in [3.8, 4) is 0 Å². The molecular formula is C13H13F5N2O. The normalized spacial score (nSPS) is 19.2. The molecule has 8 heteroatoms. The number of hydrogen-bond acceptors (Lipinski definition) is 2. The Morgan fingerprint density at radius 1 is 1.05 bits per heavy atom. The first-order valence-electron chi connectivity index (χ1n) is 6.46. The van der Waals surface area contributed by atoms with E-state index in [9.17, 15) is 26.7 Å². The van der Waals surface area contributed by atoms with Crippen molar-refractivity contribution in [2.24, 2.45) is 0 Å². The summed E-state index contributed by atoms with van der Waals surface area (Å²) in [5, 5.41) is 2.82. The van der Waals surface area contributed by atoms with Gasteiger partial charge in [0, 0.05) is 6.54 Å². The van der Waals surface area contributed by atoms with E-state index >= 15 is 0 Å². The molecule has 0 radical (unpaired) electrons. The van der Waals surface area contributed by atoms with E-state index in [-0.39, 0.29) is 6.54 Å². The van der Waals surface area contributed by atoms with Crippen molar-refractivity contribution >= 4 is 11.6 Å². The van der Waals surface area contributed by atoms with E-state index in [4.69, 9.17) is 0 Å². The van der Waals surface area contributed by atoms with Crippen LogP contribution in [0.2, 0.25) is 0 Å². The number of carbonyl (C=O) groups is 1. The van der Waals surface area contributed by atoms with Crippen molar-refractivity contribution in [3.63, 3.8) is 0 Å². The molecule has 0 spiro atoms. The summed E-state index contributed by atoms with van der Waals surface area (Å²) in [6.45, 7) is 2.09. The highest BCUT2D eigenvalue weighted by molar-refractivity contribution is 5.98. The summed E-state index contributed by atoms with van der Waals surface area (Å²) >= 11 is 0. The number of nitrogens with one attached hydrogen (secondary N) is 1. The van der Waals surface area contributed by atoms with Crippen LogP contribution in [0.1, 0.15) is 19.8 Å². The molecule has 1 aromatic rings. The molecule has 116 valence electrons. The lowest BCUT2D eigenvalue weighted by Gasteiger charge is -2.33. The average molecular weight is 308 g/mol. The van der Waals surface area contributed by atoms with Gasteiger partial charge in [-0.1, -0.05) is 6.92 Å². The Morgan fingerprint density at radius 3 is 2.10 bits per heavy atom. The number of piperidine rings is 1. The van der Waals surface area contributed by atoms with E-state index in [1.54, 1.807) is 6.92 Å². The third-order valence-electron chi connectivity index (χ3n) is 3.35. The zero-order chi connectivity index (χ0) is 15.7. The number of halogens is 5. The quantitative estimate of drug-likeness (QED) is 0.528. The molecule has 2 rings (SSSR count). The third-order valence-corrected chi connectivity index (χ3v) is 3.35. The lowest BCUT2D eigenvalue weighted by molar-refractivity contribution is -0.121. The zero-order valence-electron chi connectivity index (χ0n) is 11.2. The van der Waals surface area contributed by atoms with Crippen molar-refractivity contribution in [2.45, 2.75) is 25.8 Å². The summed E-state index contributed by atoms with van der Waals surface area (Å²) in [5.74, 6) is -11.0. The van der Waals surface area contributed by atoms with Crippen LogP contribution in [-0.4, -0.2) is 25.0 Å². The van der Waals surface area contributed by atoms with Crippen LogP contribution in [0.15, 0.2) is 0 Å². The van der Waals surface area contributed by atoms with Crippen molar-refractivity contribution in [1.29, 1.82) is 0 Å². The van der Waals surface area contributed by atoms with Gasteiger partial charge < -0.3 is 10.2 Å². The molecule has 0 bridgehead atoms. The third kappa shape index (κ3) is 2.59. The predicted molar refractivity (Wildman–Crippen MR) is 65.3 cm³/mol. The van der Waals surface area contributed by atoms with Gasteiger partial charge in [-0.3, -0.25) is 4.79 Å². The fourth-order valence-electron chi connectivity index (χ4n) is 2.36. The van der Waals surface area contributed by atoms with E-state index in [2.05, 4.69) is 5.32 Å². The fourth-order valence-corrected chi connectivity index (χ4v) is 2.36. The summed E-state index contributed by atoms with van der Waals surface area (Å²) in [7, 11) is 0. The Bertz CT molecular complexity index is 547. The van der Waals surface area contributed by atoms with Crippen LogP contribution in [0.3, 0.4) is 0 Å². The highest BCUT2D eigenvalue weighted by Gasteiger charge is 2.36. The first kappa shape index (κ1) is 15.7. The molecule has 0 aliphatic carbocycles. The Kier molecular flexibility index (Phi) is 4.46. The van der Waals surface area contributed by atoms with Gasteiger partial charge in [-0.15, -0.1) is 0 Å². The first-order valence-corrected chi connectivity index (χ1v) is 6.46. The number of amides is 1. The molecule has 0 aromatic heterocycles. The maximum Gasteiger partial charge on any atom is 0.244 e. The molecule has 1 atom stereocenters. The largest absolute Gasteiger partial charge is 0.306 e. The smallest absolute Gasteiger partial charge is 0.244 e. The number of likely N-dealkylation sites (N-methyl/N-ethyl adjacent to an activating group) is 1. The molecule has 1 fully saturated rings. The van der Waals surface area contributed by atoms with Crippen LogP contribution in [0.5, 0.6) is 0 Å². The minimum atomic E-state index is -2.23. The predicted octanol–water partition coefficient (Wildman–Crippen LogP) is 2.49. The number of carbonyl (C=O) groups excluding carboxylic acids is 1. The second kappa shape index (κ2) is 5.97. The van der Waals surface area contributed by atoms with Gasteiger partial charge in [-0.25, -0.2) is 22.0 Å². The average Bonchev–Trinajstić information content (AvgIpc) is 2.47. The highest BCUT2D eigenvalue weighted by atomic mass is 19.2. The minimum Gasteiger partial charge on any atom is -0.306 e. The number of benzene rings is 1. The van der Waals surface area contributed by atoms with E-state index in [1.165, 1.54) is 0 Å². The molecule has 1 N–H and O–H groups in total. The topological polar surface area (TPSA) is 32.3 Å². The lowest BCUT2D eigenvalue weighted by Crippen LogP contribution is -2.51. The second-order valence-corrected chi connectivity index (χ2v) is 4.66. The molecule has 3 nitrogen and oxygen atoms in total. The van der Waals surface area contributed by atoms with E-state index in [0.717, 1.165) is 0 Å². The standard InChI is InChI=1S/C13H13F5N2O/c1-2-19-6-4-3-5-20(13(6)21)12-10(17)8(15)7(14)9(16)11(12)18/h6,19H,2-5H2,1H3. The van der Waals surface area contributed by atoms with E-state index in [0.29, 0.717) is 24.3 Å². The SMILES string of the molecule is CCNC1CCCN(c2c(F)c(F)c(F)c(F)c2F)C1=O. The molecule has 1 saturated heterocycles. The van der Waals surface area contributed by atoms with Gasteiger partial charge in [0.05, 0.1) is 6.04 Å². The zero-order valence-corrected chi connectivity index (χ0v) is 11.2. The highest BCUT2D eigenvalue weighted by Crippen LogP contribution is 2.32. The van der Waals surface area contributed by atoms with Crippen molar-refractivity contribution in [3.05, 3.63) is 29.1 Å². The van der Waals surface area contributed by atoms with Crippen molar-refractivity contribution in [1.82, 2.24) is 5.32 Å². The molecule has 0 saturated carbocycles. The summed E-state index contributed by atoms with van der Waals surface area (Å²) in [6.07, 6.45) is 0.835. The molecule has 1 aromatic carbocycles. The summed E-state index contributed by atoms with van der Waals surface area (Å²) < 4.78 is 66.9. The van der Waals surface area contributed by atoms with Gasteiger partial charge in [0.25, 0.3) is 0 Å². The van der Waals surface area contributed by atoms with Crippen LogP contribution < -0.4 is 10.2 Å². The Morgan fingerprint density at radius 2 is 1.57 bits per heavy atom. The maximum atomic E-state index is 13.7. The van der Waals surface area contributed by atoms with E-state index in [1.807, 2.05) is 0 Å². The molecule has 1 unspecified atom stereocenters. The first-order chi connectivity index (χ1) is 9.90. The Labute approximate surface area is 117 Å². The summed E-state index contributed by atoms with van der Waals surface area (Å²) in [6, 6.07) is -0.696. The van der Waals surface area contributed by atoms with Crippen molar-refractivity contribution < 1.29 is 26.7 Å². The Hall–Kier alpha value is -1.70. The number of rotatable bonds is 3. The monoisotopic (exact) mass is 308 g/mol. The van der Waals surface area contributed by atoms with Crippen LogP contribution in [-0.2, 0) is 4.79 Å². The van der Waals surface area contributed by atoms with Gasteiger partial charge in [-0.2, -0.15) is 0 Å². The lowest BCUT2D eigenvalue weighted by atomic mass is 10.0. The molecule has 1 aliphatic heterocycles. The summed E-state index contributed by atoms with van der Waals surface area (Å²) in [5.41, 5.74) is -1.18. The van der Waals surface area contributed by atoms with Gasteiger partial charge in [0.15, 0.2) is 23.3 Å². The van der Waals surface area contributed by atoms with Gasteiger partial charge in [0.2, 0.25) is 11.7 Å². The summed E-state index contributed by atoms with van der Waals surface area (Å²) in [4.78, 5) is 12.7. The van der Waals surface area contributed by atoms with Gasteiger partial charge in [-0.05, 0) is 19.4 Å². The van der Waals surface area contributed by atoms with Gasteiger partial charge in [0.1, 0.15) is 5.69 Å². The Balaban J connectivity index is 2.49.